The van der Waals surface area contributed by atoms with E-state index in [4.69, 9.17) is 13.8 Å². The monoisotopic (exact) mass is 1070 g/mol. The summed E-state index contributed by atoms with van der Waals surface area (Å²) in [6, 6.07) is -0.842. The van der Waals surface area contributed by atoms with Gasteiger partial charge < -0.3 is 19.4 Å². The quantitative estimate of drug-likeness (QED) is 0.0205. The minimum atomic E-state index is -4.44. The molecule has 0 rings (SSSR count). The van der Waals surface area contributed by atoms with Crippen molar-refractivity contribution in [3.8, 4) is 0 Å². The van der Waals surface area contributed by atoms with Crippen LogP contribution in [0.2, 0.25) is 0 Å². The van der Waals surface area contributed by atoms with Gasteiger partial charge >= 0.3 is 13.8 Å². The van der Waals surface area contributed by atoms with Gasteiger partial charge in [-0.3, -0.25) is 18.6 Å². The highest BCUT2D eigenvalue weighted by atomic mass is 31.2. The zero-order chi connectivity index (χ0) is 54.3. The van der Waals surface area contributed by atoms with Crippen molar-refractivity contribution in [2.24, 2.45) is 0 Å². The molecule has 1 amide bonds. The zero-order valence-corrected chi connectivity index (χ0v) is 51.0. The second-order valence-corrected chi connectivity index (χ2v) is 24.7. The summed E-state index contributed by atoms with van der Waals surface area (Å²) in [5.74, 6) is -0.488. The Kier molecular flexibility index (Phi) is 53.7. The second kappa shape index (κ2) is 54.8. The molecule has 0 fully saturated rings. The molecule has 0 aromatic rings. The number of phosphoric acid groups is 1. The maximum atomic E-state index is 13.6. The van der Waals surface area contributed by atoms with Crippen molar-refractivity contribution in [2.75, 3.05) is 40.9 Å². The Labute approximate surface area is 460 Å². The molecule has 0 heterocycles. The Hall–Kier alpha value is -1.51. The van der Waals surface area contributed by atoms with E-state index in [-0.39, 0.29) is 25.1 Å². The molecule has 0 saturated carbocycles. The molecule has 0 aliphatic heterocycles. The van der Waals surface area contributed by atoms with Crippen LogP contribution in [0.15, 0.2) is 24.3 Å². The molecule has 0 bridgehead atoms. The lowest BCUT2D eigenvalue weighted by Crippen LogP contribution is -2.47. The van der Waals surface area contributed by atoms with Crippen LogP contribution in [0, 0.1) is 0 Å². The molecule has 74 heavy (non-hydrogen) atoms. The molecule has 438 valence electrons. The first-order chi connectivity index (χ1) is 35.9. The molecule has 0 spiro atoms. The molecular weight excluding hydrogens is 940 g/mol. The molecule has 0 aromatic carbocycles. The summed E-state index contributed by atoms with van der Waals surface area (Å²) in [6.07, 6.45) is 64.5. The van der Waals surface area contributed by atoms with Gasteiger partial charge in [-0.25, -0.2) is 4.57 Å². The lowest BCUT2D eigenvalue weighted by molar-refractivity contribution is -0.870. The van der Waals surface area contributed by atoms with Gasteiger partial charge in [0.25, 0.3) is 0 Å². The highest BCUT2D eigenvalue weighted by Gasteiger charge is 2.30. The van der Waals surface area contributed by atoms with Crippen molar-refractivity contribution in [3.63, 3.8) is 0 Å². The fourth-order valence-corrected chi connectivity index (χ4v) is 10.4. The number of phosphoric ester groups is 1. The molecule has 0 aliphatic rings. The number of unbranched alkanes of at least 4 members (excludes halogenated alkanes) is 41. The van der Waals surface area contributed by atoms with E-state index >= 15 is 0 Å². The van der Waals surface area contributed by atoms with Crippen LogP contribution in [0.1, 0.15) is 323 Å². The molecule has 3 atom stereocenters. The van der Waals surface area contributed by atoms with Gasteiger partial charge in [-0.15, -0.1) is 0 Å². The summed E-state index contributed by atoms with van der Waals surface area (Å²) in [7, 11) is 1.51. The minimum Gasteiger partial charge on any atom is -0.456 e. The van der Waals surface area contributed by atoms with Gasteiger partial charge in [0.05, 0.1) is 33.8 Å². The largest absolute Gasteiger partial charge is 0.472 e. The van der Waals surface area contributed by atoms with Crippen LogP contribution in [0.4, 0.5) is 0 Å². The number of rotatable bonds is 59. The summed E-state index contributed by atoms with van der Waals surface area (Å²) in [6.45, 7) is 7.06. The van der Waals surface area contributed by atoms with Gasteiger partial charge in [0.2, 0.25) is 5.91 Å². The van der Waals surface area contributed by atoms with Crippen LogP contribution < -0.4 is 5.32 Å². The third-order valence-electron chi connectivity index (χ3n) is 14.6. The molecular formula is C64H126N2O7P+. The predicted molar refractivity (Wildman–Crippen MR) is 319 cm³/mol. The highest BCUT2D eigenvalue weighted by molar-refractivity contribution is 7.47. The molecule has 0 saturated heterocycles. The van der Waals surface area contributed by atoms with Crippen molar-refractivity contribution < 1.29 is 37.3 Å². The van der Waals surface area contributed by atoms with E-state index in [0.29, 0.717) is 23.9 Å². The van der Waals surface area contributed by atoms with Gasteiger partial charge in [0.1, 0.15) is 19.3 Å². The summed E-state index contributed by atoms with van der Waals surface area (Å²) < 4.78 is 30.7. The summed E-state index contributed by atoms with van der Waals surface area (Å²) >= 11 is 0. The number of carbonyl (C=O) groups excluding carboxylic acids is 2. The standard InChI is InChI=1S/C64H125N2O7P/c1-7-10-13-16-19-22-25-28-30-31-32-33-34-35-36-38-41-44-47-50-53-56-63(67)65-61(60-72-74(69,70)71-59-58-66(4,5)6)62(55-52-49-46-43-40-37-27-24-21-18-15-12-9-3)73-64(68)57-54-51-48-45-42-39-29-26-23-20-17-14-11-8-2/h28,30,52,55,61-62H,7-27,29,31-51,53-54,56-60H2,1-6H3,(H-,65,67,69,70)/p+1/b30-28+,55-52-. The Morgan fingerprint density at radius 2 is 0.784 bits per heavy atom. The van der Waals surface area contributed by atoms with Crippen LogP contribution in [0.25, 0.3) is 0 Å². The first-order valence-electron chi connectivity index (χ1n) is 32.2. The molecule has 0 aromatic heterocycles. The van der Waals surface area contributed by atoms with Crippen LogP contribution in [0.5, 0.6) is 0 Å². The zero-order valence-electron chi connectivity index (χ0n) is 50.1. The number of carbonyl (C=O) groups is 2. The first-order valence-corrected chi connectivity index (χ1v) is 33.7. The Morgan fingerprint density at radius 1 is 0.459 bits per heavy atom. The topological polar surface area (TPSA) is 111 Å². The van der Waals surface area contributed by atoms with Crippen molar-refractivity contribution in [1.29, 1.82) is 0 Å². The number of ether oxygens (including phenoxy) is 1. The average Bonchev–Trinajstić information content (AvgIpc) is 3.36. The Balaban J connectivity index is 5.18. The maximum absolute atomic E-state index is 13.6. The smallest absolute Gasteiger partial charge is 0.456 e. The third kappa shape index (κ3) is 55.3. The third-order valence-corrected chi connectivity index (χ3v) is 15.6. The summed E-state index contributed by atoms with van der Waals surface area (Å²) in [5, 5.41) is 3.07. The van der Waals surface area contributed by atoms with Crippen LogP contribution in [-0.4, -0.2) is 74.3 Å². The number of likely N-dealkylation sites (N-methyl/N-ethyl adjacent to an activating group) is 1. The number of nitrogens with zero attached hydrogens (tertiary/aromatic N) is 1. The normalized spacial score (nSPS) is 13.8. The van der Waals surface area contributed by atoms with Crippen molar-refractivity contribution in [1.82, 2.24) is 5.32 Å². The van der Waals surface area contributed by atoms with Gasteiger partial charge in [-0.2, -0.15) is 0 Å². The lowest BCUT2D eigenvalue weighted by Gasteiger charge is -2.27. The molecule has 9 nitrogen and oxygen atoms in total. The Bertz CT molecular complexity index is 1320. The van der Waals surface area contributed by atoms with E-state index in [1.165, 1.54) is 231 Å². The van der Waals surface area contributed by atoms with Gasteiger partial charge in [0, 0.05) is 12.8 Å². The number of quaternary nitrogens is 1. The Morgan fingerprint density at radius 3 is 1.15 bits per heavy atom. The van der Waals surface area contributed by atoms with Gasteiger partial charge in [-0.05, 0) is 57.4 Å². The van der Waals surface area contributed by atoms with Crippen LogP contribution in [0.3, 0.4) is 0 Å². The predicted octanol–water partition coefficient (Wildman–Crippen LogP) is 19.7. The molecule has 0 radical (unpaired) electrons. The molecule has 2 N–H and O–H groups in total. The van der Waals surface area contributed by atoms with Gasteiger partial charge in [0.15, 0.2) is 0 Å². The van der Waals surface area contributed by atoms with Crippen LogP contribution >= 0.6 is 7.82 Å². The first kappa shape index (κ1) is 72.5. The lowest BCUT2D eigenvalue weighted by atomic mass is 10.0. The van der Waals surface area contributed by atoms with E-state index in [0.717, 1.165) is 57.8 Å². The van der Waals surface area contributed by atoms with E-state index < -0.39 is 20.0 Å². The number of amides is 1. The summed E-state index contributed by atoms with van der Waals surface area (Å²) in [5.41, 5.74) is 0. The van der Waals surface area contributed by atoms with E-state index in [9.17, 15) is 19.0 Å². The van der Waals surface area contributed by atoms with Crippen LogP contribution in [-0.2, 0) is 27.9 Å². The number of allylic oxidation sites excluding steroid dienone is 3. The second-order valence-electron chi connectivity index (χ2n) is 23.3. The number of hydrogen-bond acceptors (Lipinski definition) is 6. The number of hydrogen-bond donors (Lipinski definition) is 2. The molecule has 10 heteroatoms. The van der Waals surface area contributed by atoms with Crippen molar-refractivity contribution in [3.05, 3.63) is 24.3 Å². The molecule has 3 unspecified atom stereocenters. The number of esters is 1. The SMILES string of the molecule is CCCCCCCC/C=C/CCCCCCCCCCCCCC(=O)NC(COP(=O)(O)OCC[N+](C)(C)C)C(/C=C\CCCCCCCCCCCCC)OC(=O)CCCCCCCCCCCCCCCC. The minimum absolute atomic E-state index is 0.0439. The van der Waals surface area contributed by atoms with E-state index in [1.54, 1.807) is 0 Å². The summed E-state index contributed by atoms with van der Waals surface area (Å²) in [4.78, 5) is 37.7. The van der Waals surface area contributed by atoms with E-state index in [1.807, 2.05) is 33.3 Å². The molecule has 0 aliphatic carbocycles. The fraction of sp³-hybridized carbons (Fsp3) is 0.906. The van der Waals surface area contributed by atoms with Crippen molar-refractivity contribution in [2.45, 2.75) is 335 Å². The average molecular weight is 1070 g/mol. The maximum Gasteiger partial charge on any atom is 0.472 e. The fourth-order valence-electron chi connectivity index (χ4n) is 9.64. The van der Waals surface area contributed by atoms with E-state index in [2.05, 4.69) is 38.2 Å². The van der Waals surface area contributed by atoms with Gasteiger partial charge in [-0.1, -0.05) is 277 Å². The van der Waals surface area contributed by atoms with Crippen molar-refractivity contribution >= 4 is 19.7 Å². The highest BCUT2D eigenvalue weighted by Crippen LogP contribution is 2.43. The number of nitrogens with one attached hydrogen (secondary N) is 1.